The fraction of sp³-hybridized carbons (Fsp3) is 0.263. The van der Waals surface area contributed by atoms with Crippen molar-refractivity contribution in [1.29, 1.82) is 0 Å². The van der Waals surface area contributed by atoms with E-state index in [1.165, 1.54) is 12.8 Å². The van der Waals surface area contributed by atoms with Gasteiger partial charge in [0.15, 0.2) is 5.13 Å². The van der Waals surface area contributed by atoms with Gasteiger partial charge in [-0.3, -0.25) is 14.8 Å². The van der Waals surface area contributed by atoms with Gasteiger partial charge >= 0.3 is 0 Å². The number of nitrogens with zero attached hydrogens (tertiary/aromatic N) is 4. The first-order valence-electron chi connectivity index (χ1n) is 8.63. The molecule has 0 saturated carbocycles. The van der Waals surface area contributed by atoms with Gasteiger partial charge < -0.3 is 10.2 Å². The Hall–Kier alpha value is -2.80. The van der Waals surface area contributed by atoms with Gasteiger partial charge in [-0.05, 0) is 25.0 Å². The average molecular weight is 365 g/mol. The molecule has 4 rings (SSSR count). The number of benzene rings is 1. The van der Waals surface area contributed by atoms with Crippen LogP contribution in [0.4, 0.5) is 5.13 Å². The molecule has 0 unspecified atom stereocenters. The molecule has 1 aliphatic heterocycles. The molecule has 1 fully saturated rings. The number of rotatable bonds is 5. The van der Waals surface area contributed by atoms with Gasteiger partial charge in [-0.25, -0.2) is 4.98 Å². The van der Waals surface area contributed by atoms with E-state index in [-0.39, 0.29) is 5.91 Å². The Morgan fingerprint density at radius 2 is 2.12 bits per heavy atom. The summed E-state index contributed by atoms with van der Waals surface area (Å²) in [5.74, 6) is -0.119. The Labute approximate surface area is 155 Å². The number of hydrogen-bond acceptors (Lipinski definition) is 6. The molecule has 1 amide bonds. The van der Waals surface area contributed by atoms with E-state index in [1.807, 2.05) is 23.6 Å². The lowest BCUT2D eigenvalue weighted by molar-refractivity contribution is 0.0950. The van der Waals surface area contributed by atoms with Crippen LogP contribution in [0, 0.1) is 0 Å². The molecular formula is C19H19N5OS. The molecule has 26 heavy (non-hydrogen) atoms. The summed E-state index contributed by atoms with van der Waals surface area (Å²) in [5.41, 5.74) is 3.12. The Kier molecular flexibility index (Phi) is 4.88. The Morgan fingerprint density at radius 3 is 2.92 bits per heavy atom. The number of anilines is 1. The first-order chi connectivity index (χ1) is 12.8. The van der Waals surface area contributed by atoms with Gasteiger partial charge in [-0.1, -0.05) is 12.1 Å². The van der Waals surface area contributed by atoms with Gasteiger partial charge in [0.25, 0.3) is 5.91 Å². The van der Waals surface area contributed by atoms with Crippen LogP contribution in [0.2, 0.25) is 0 Å². The molecule has 3 aromatic rings. The number of thiazole rings is 1. The fourth-order valence-electron chi connectivity index (χ4n) is 2.97. The molecule has 1 aliphatic rings. The van der Waals surface area contributed by atoms with Crippen LogP contribution in [0.3, 0.4) is 0 Å². The molecule has 0 aliphatic carbocycles. The molecule has 3 heterocycles. The Balaban J connectivity index is 1.41. The van der Waals surface area contributed by atoms with E-state index in [1.54, 1.807) is 36.0 Å². The largest absolute Gasteiger partial charge is 0.348 e. The van der Waals surface area contributed by atoms with Gasteiger partial charge in [0, 0.05) is 42.0 Å². The molecule has 1 aromatic carbocycles. The standard InChI is InChI=1S/C19H19N5OS/c25-18(15-5-3-4-14(10-15)17-12-20-6-7-21-17)22-11-16-13-26-19(23-16)24-8-1-2-9-24/h3-7,10,12-13H,1-2,8-9,11H2,(H,22,25). The highest BCUT2D eigenvalue weighted by molar-refractivity contribution is 7.13. The second-order valence-electron chi connectivity index (χ2n) is 6.17. The molecule has 0 spiro atoms. The predicted molar refractivity (Wildman–Crippen MR) is 102 cm³/mol. The Bertz CT molecular complexity index is 890. The van der Waals surface area contributed by atoms with E-state index in [0.29, 0.717) is 12.1 Å². The first kappa shape index (κ1) is 16.7. The number of nitrogens with one attached hydrogen (secondary N) is 1. The zero-order valence-electron chi connectivity index (χ0n) is 14.3. The van der Waals surface area contributed by atoms with E-state index < -0.39 is 0 Å². The Morgan fingerprint density at radius 1 is 1.23 bits per heavy atom. The monoisotopic (exact) mass is 365 g/mol. The highest BCUT2D eigenvalue weighted by Gasteiger charge is 2.16. The molecule has 0 bridgehead atoms. The number of carbonyl (C=O) groups excluding carboxylic acids is 1. The van der Waals surface area contributed by atoms with Gasteiger partial charge in [0.2, 0.25) is 0 Å². The molecule has 0 atom stereocenters. The van der Waals surface area contributed by atoms with Crippen molar-refractivity contribution in [3.8, 4) is 11.3 Å². The van der Waals surface area contributed by atoms with Gasteiger partial charge in [-0.15, -0.1) is 11.3 Å². The molecule has 1 N–H and O–H groups in total. The molecular weight excluding hydrogens is 346 g/mol. The highest BCUT2D eigenvalue weighted by atomic mass is 32.1. The maximum atomic E-state index is 12.5. The van der Waals surface area contributed by atoms with Crippen molar-refractivity contribution in [1.82, 2.24) is 20.3 Å². The van der Waals surface area contributed by atoms with Crippen LogP contribution in [0.1, 0.15) is 28.9 Å². The SMILES string of the molecule is O=C(NCc1csc(N2CCCC2)n1)c1cccc(-c2cnccn2)c1. The van der Waals surface area contributed by atoms with Gasteiger partial charge in [-0.2, -0.15) is 0 Å². The second kappa shape index (κ2) is 7.61. The summed E-state index contributed by atoms with van der Waals surface area (Å²) in [5, 5.41) is 6.02. The first-order valence-corrected chi connectivity index (χ1v) is 9.51. The van der Waals surface area contributed by atoms with E-state index in [2.05, 4.69) is 25.2 Å². The fourth-order valence-corrected chi connectivity index (χ4v) is 3.85. The van der Waals surface area contributed by atoms with Crippen LogP contribution in [-0.2, 0) is 6.54 Å². The summed E-state index contributed by atoms with van der Waals surface area (Å²) >= 11 is 1.64. The lowest BCUT2D eigenvalue weighted by atomic mass is 10.1. The number of carbonyl (C=O) groups is 1. The van der Waals surface area contributed by atoms with E-state index in [9.17, 15) is 4.79 Å². The predicted octanol–water partition coefficient (Wildman–Crippen LogP) is 3.13. The van der Waals surface area contributed by atoms with Crippen molar-refractivity contribution < 1.29 is 4.79 Å². The minimum atomic E-state index is -0.119. The van der Waals surface area contributed by atoms with Gasteiger partial charge in [0.1, 0.15) is 0 Å². The molecule has 2 aromatic heterocycles. The second-order valence-corrected chi connectivity index (χ2v) is 7.01. The van der Waals surface area contributed by atoms with Crippen LogP contribution in [0.15, 0.2) is 48.2 Å². The molecule has 6 nitrogen and oxygen atoms in total. The van der Waals surface area contributed by atoms with Crippen LogP contribution in [0.5, 0.6) is 0 Å². The lowest BCUT2D eigenvalue weighted by Gasteiger charge is -2.12. The maximum absolute atomic E-state index is 12.5. The van der Waals surface area contributed by atoms with Crippen molar-refractivity contribution >= 4 is 22.4 Å². The van der Waals surface area contributed by atoms with E-state index in [4.69, 9.17) is 0 Å². The smallest absolute Gasteiger partial charge is 0.251 e. The zero-order valence-corrected chi connectivity index (χ0v) is 15.1. The maximum Gasteiger partial charge on any atom is 0.251 e. The minimum absolute atomic E-state index is 0.119. The van der Waals surface area contributed by atoms with Crippen LogP contribution >= 0.6 is 11.3 Å². The summed E-state index contributed by atoms with van der Waals surface area (Å²) in [6.07, 6.45) is 7.42. The van der Waals surface area contributed by atoms with E-state index >= 15 is 0 Å². The lowest BCUT2D eigenvalue weighted by Crippen LogP contribution is -2.23. The highest BCUT2D eigenvalue weighted by Crippen LogP contribution is 2.24. The summed E-state index contributed by atoms with van der Waals surface area (Å²) in [4.78, 5) is 27.8. The normalized spacial score (nSPS) is 13.8. The molecule has 1 saturated heterocycles. The van der Waals surface area contributed by atoms with Crippen LogP contribution < -0.4 is 10.2 Å². The van der Waals surface area contributed by atoms with Crippen LogP contribution in [-0.4, -0.2) is 33.9 Å². The van der Waals surface area contributed by atoms with Crippen LogP contribution in [0.25, 0.3) is 11.3 Å². The molecule has 7 heteroatoms. The number of aromatic nitrogens is 3. The third-order valence-electron chi connectivity index (χ3n) is 4.33. The molecule has 0 radical (unpaired) electrons. The molecule has 132 valence electrons. The third-order valence-corrected chi connectivity index (χ3v) is 5.28. The van der Waals surface area contributed by atoms with Crippen molar-refractivity contribution in [3.63, 3.8) is 0 Å². The summed E-state index contributed by atoms with van der Waals surface area (Å²) in [7, 11) is 0. The number of hydrogen-bond donors (Lipinski definition) is 1. The van der Waals surface area contributed by atoms with Crippen molar-refractivity contribution in [2.45, 2.75) is 19.4 Å². The quantitative estimate of drug-likeness (QED) is 0.752. The minimum Gasteiger partial charge on any atom is -0.348 e. The topological polar surface area (TPSA) is 71.0 Å². The number of amides is 1. The van der Waals surface area contributed by atoms with Crippen molar-refractivity contribution in [2.75, 3.05) is 18.0 Å². The zero-order chi connectivity index (χ0) is 17.8. The summed E-state index contributed by atoms with van der Waals surface area (Å²) in [6, 6.07) is 7.40. The van der Waals surface area contributed by atoms with Crippen molar-refractivity contribution in [2.24, 2.45) is 0 Å². The third kappa shape index (κ3) is 3.72. The summed E-state index contributed by atoms with van der Waals surface area (Å²) < 4.78 is 0. The van der Waals surface area contributed by atoms with Crippen molar-refractivity contribution in [3.05, 3.63) is 59.5 Å². The summed E-state index contributed by atoms with van der Waals surface area (Å²) in [6.45, 7) is 2.58. The average Bonchev–Trinajstić information content (AvgIpc) is 3.38. The van der Waals surface area contributed by atoms with E-state index in [0.717, 1.165) is 35.2 Å². The van der Waals surface area contributed by atoms with Gasteiger partial charge in [0.05, 0.1) is 24.1 Å².